The summed E-state index contributed by atoms with van der Waals surface area (Å²) in [6, 6.07) is 13.6. The summed E-state index contributed by atoms with van der Waals surface area (Å²) in [5, 5.41) is 12.3. The summed E-state index contributed by atoms with van der Waals surface area (Å²) in [5.74, 6) is 2.64. The maximum absolute atomic E-state index is 12.5. The van der Waals surface area contributed by atoms with Crippen LogP contribution in [0.1, 0.15) is 49.7 Å². The number of anilines is 1. The van der Waals surface area contributed by atoms with Crippen molar-refractivity contribution in [2.24, 2.45) is 0 Å². The molecular formula is C30H34N6O4. The quantitative estimate of drug-likeness (QED) is 0.216. The van der Waals surface area contributed by atoms with Crippen molar-refractivity contribution in [1.29, 1.82) is 0 Å². The molecule has 40 heavy (non-hydrogen) atoms. The van der Waals surface area contributed by atoms with Gasteiger partial charge < -0.3 is 29.6 Å². The largest absolute Gasteiger partial charge is 0.496 e. The highest BCUT2D eigenvalue weighted by atomic mass is 16.6. The van der Waals surface area contributed by atoms with Crippen LogP contribution in [0.15, 0.2) is 47.0 Å². The Morgan fingerprint density at radius 1 is 1.10 bits per heavy atom. The van der Waals surface area contributed by atoms with E-state index in [2.05, 4.69) is 25.8 Å². The van der Waals surface area contributed by atoms with Gasteiger partial charge in [0.2, 0.25) is 0 Å². The number of amides is 1. The molecule has 0 saturated heterocycles. The molecule has 0 spiro atoms. The average Bonchev–Trinajstić information content (AvgIpc) is 3.42. The molecule has 5 aromatic rings. The first kappa shape index (κ1) is 27.0. The van der Waals surface area contributed by atoms with Crippen molar-refractivity contribution in [1.82, 2.24) is 25.4 Å². The summed E-state index contributed by atoms with van der Waals surface area (Å²) in [4.78, 5) is 25.4. The highest BCUT2D eigenvalue weighted by molar-refractivity contribution is 6.12. The standard InChI is InChI=1S/C30H34N6O4/c1-16-25(17(2)40-36-16)21-13-22-20(14-24(21)38-7)26-27(34-22)32-18(3)33-28(26)35-23(19-11-9-8-10-12-19)15-31-29(37)39-30(4,5)6/h8-14,23H,15H2,1-7H3,(H,31,37)(H2,32,33,34,35)/t23-/m1/s1. The third-order valence-corrected chi connectivity index (χ3v) is 6.55. The van der Waals surface area contributed by atoms with Crippen LogP contribution in [0.25, 0.3) is 33.1 Å². The number of methoxy groups -OCH3 is 1. The number of nitrogens with one attached hydrogen (secondary N) is 3. The maximum atomic E-state index is 12.5. The molecule has 0 bridgehead atoms. The molecule has 5 rings (SSSR count). The van der Waals surface area contributed by atoms with E-state index in [0.717, 1.165) is 38.7 Å². The van der Waals surface area contributed by atoms with Crippen LogP contribution in [0, 0.1) is 20.8 Å². The first-order valence-corrected chi connectivity index (χ1v) is 13.1. The number of H-pyrrole nitrogens is 1. The fraction of sp³-hybridized carbons (Fsp3) is 0.333. The van der Waals surface area contributed by atoms with Gasteiger partial charge in [-0.15, -0.1) is 0 Å². The number of fused-ring (bicyclic) bond motifs is 3. The van der Waals surface area contributed by atoms with Gasteiger partial charge in [0.25, 0.3) is 0 Å². The molecule has 2 aromatic carbocycles. The number of ether oxygens (including phenoxy) is 2. The zero-order valence-electron chi connectivity index (χ0n) is 23.8. The van der Waals surface area contributed by atoms with Gasteiger partial charge in [0, 0.05) is 23.0 Å². The lowest BCUT2D eigenvalue weighted by Gasteiger charge is -2.23. The predicted octanol–water partition coefficient (Wildman–Crippen LogP) is 6.38. The summed E-state index contributed by atoms with van der Waals surface area (Å²) in [6.45, 7) is 11.4. The Labute approximate surface area is 232 Å². The first-order chi connectivity index (χ1) is 19.0. The van der Waals surface area contributed by atoms with Gasteiger partial charge in [-0.25, -0.2) is 14.8 Å². The first-order valence-electron chi connectivity index (χ1n) is 13.1. The highest BCUT2D eigenvalue weighted by Crippen LogP contribution is 2.41. The van der Waals surface area contributed by atoms with Crippen LogP contribution in [0.3, 0.4) is 0 Å². The molecule has 0 fully saturated rings. The van der Waals surface area contributed by atoms with Gasteiger partial charge >= 0.3 is 6.09 Å². The Kier molecular flexibility index (Phi) is 7.10. The smallest absolute Gasteiger partial charge is 0.407 e. The third-order valence-electron chi connectivity index (χ3n) is 6.55. The van der Waals surface area contributed by atoms with E-state index in [-0.39, 0.29) is 12.6 Å². The Morgan fingerprint density at radius 2 is 1.85 bits per heavy atom. The van der Waals surface area contributed by atoms with Crippen molar-refractivity contribution in [2.75, 3.05) is 19.0 Å². The van der Waals surface area contributed by atoms with Crippen molar-refractivity contribution < 1.29 is 18.8 Å². The fourth-order valence-electron chi connectivity index (χ4n) is 4.87. The highest BCUT2D eigenvalue weighted by Gasteiger charge is 2.23. The van der Waals surface area contributed by atoms with E-state index in [4.69, 9.17) is 19.0 Å². The molecule has 0 saturated carbocycles. The van der Waals surface area contributed by atoms with Crippen LogP contribution < -0.4 is 15.4 Å². The van der Waals surface area contributed by atoms with E-state index in [1.54, 1.807) is 7.11 Å². The Bertz CT molecular complexity index is 1660. The van der Waals surface area contributed by atoms with E-state index < -0.39 is 11.7 Å². The number of aromatic nitrogens is 4. The number of carbonyl (C=O) groups is 1. The Hall–Kier alpha value is -4.60. The number of nitrogens with zero attached hydrogens (tertiary/aromatic N) is 3. The summed E-state index contributed by atoms with van der Waals surface area (Å²) in [6.07, 6.45) is -0.483. The lowest BCUT2D eigenvalue weighted by Crippen LogP contribution is -2.36. The Balaban J connectivity index is 1.59. The van der Waals surface area contributed by atoms with Crippen molar-refractivity contribution in [2.45, 2.75) is 53.2 Å². The van der Waals surface area contributed by atoms with Crippen LogP contribution in [-0.4, -0.2) is 45.5 Å². The average molecular weight is 543 g/mol. The maximum Gasteiger partial charge on any atom is 0.407 e. The number of carbonyl (C=O) groups excluding carboxylic acids is 1. The second kappa shape index (κ2) is 10.5. The Morgan fingerprint density at radius 3 is 2.50 bits per heavy atom. The number of aromatic amines is 1. The van der Waals surface area contributed by atoms with Gasteiger partial charge in [0.05, 0.1) is 29.8 Å². The SMILES string of the molecule is COc1cc2c(cc1-c1c(C)noc1C)[nH]c1nc(C)nc(N[C@H](CNC(=O)OC(C)(C)C)c3ccccc3)c12. The third kappa shape index (κ3) is 5.42. The number of hydrogen-bond acceptors (Lipinski definition) is 8. The minimum Gasteiger partial charge on any atom is -0.496 e. The molecule has 0 radical (unpaired) electrons. The van der Waals surface area contributed by atoms with Gasteiger partial charge in [-0.05, 0) is 59.2 Å². The van der Waals surface area contributed by atoms with E-state index in [0.29, 0.717) is 28.8 Å². The molecule has 0 aliphatic carbocycles. The van der Waals surface area contributed by atoms with Crippen LogP contribution in [-0.2, 0) is 4.74 Å². The molecule has 10 heteroatoms. The molecule has 3 N–H and O–H groups in total. The number of aryl methyl sites for hydroxylation is 3. The van der Waals surface area contributed by atoms with Gasteiger partial charge in [-0.3, -0.25) is 0 Å². The molecule has 0 unspecified atom stereocenters. The van der Waals surface area contributed by atoms with E-state index in [1.807, 2.05) is 84.0 Å². The van der Waals surface area contributed by atoms with Gasteiger partial charge in [0.15, 0.2) is 0 Å². The molecule has 208 valence electrons. The normalized spacial score (nSPS) is 12.5. The lowest BCUT2D eigenvalue weighted by atomic mass is 10.0. The van der Waals surface area contributed by atoms with Gasteiger partial charge in [0.1, 0.15) is 34.4 Å². The van der Waals surface area contributed by atoms with Crippen molar-refractivity contribution >= 4 is 33.8 Å². The molecule has 1 atom stereocenters. The van der Waals surface area contributed by atoms with Crippen LogP contribution >= 0.6 is 0 Å². The van der Waals surface area contributed by atoms with Crippen LogP contribution in [0.5, 0.6) is 5.75 Å². The zero-order chi connectivity index (χ0) is 28.6. The summed E-state index contributed by atoms with van der Waals surface area (Å²) >= 11 is 0. The van der Waals surface area contributed by atoms with Crippen molar-refractivity contribution in [3.05, 3.63) is 65.3 Å². The van der Waals surface area contributed by atoms with Crippen molar-refractivity contribution in [3.8, 4) is 16.9 Å². The van der Waals surface area contributed by atoms with Gasteiger partial charge in [-0.1, -0.05) is 35.5 Å². The topological polar surface area (TPSA) is 127 Å². The van der Waals surface area contributed by atoms with Gasteiger partial charge in [-0.2, -0.15) is 0 Å². The zero-order valence-corrected chi connectivity index (χ0v) is 23.8. The number of benzene rings is 2. The molecule has 1 amide bonds. The lowest BCUT2D eigenvalue weighted by molar-refractivity contribution is 0.0525. The second-order valence-corrected chi connectivity index (χ2v) is 10.8. The fourth-order valence-corrected chi connectivity index (χ4v) is 4.87. The summed E-state index contributed by atoms with van der Waals surface area (Å²) in [7, 11) is 1.64. The van der Waals surface area contributed by atoms with E-state index in [9.17, 15) is 4.79 Å². The molecular weight excluding hydrogens is 508 g/mol. The van der Waals surface area contributed by atoms with E-state index >= 15 is 0 Å². The molecule has 10 nitrogen and oxygen atoms in total. The molecule has 3 heterocycles. The minimum absolute atomic E-state index is 0.283. The van der Waals surface area contributed by atoms with Crippen LogP contribution in [0.2, 0.25) is 0 Å². The van der Waals surface area contributed by atoms with Crippen LogP contribution in [0.4, 0.5) is 10.6 Å². The summed E-state index contributed by atoms with van der Waals surface area (Å²) in [5.41, 5.74) is 4.51. The number of hydrogen-bond donors (Lipinski definition) is 3. The number of alkyl carbamates (subject to hydrolysis) is 1. The monoisotopic (exact) mass is 542 g/mol. The predicted molar refractivity (Wildman–Crippen MR) is 155 cm³/mol. The number of rotatable bonds is 7. The molecule has 0 aliphatic rings. The minimum atomic E-state index is -0.596. The summed E-state index contributed by atoms with van der Waals surface area (Å²) < 4.78 is 16.7. The van der Waals surface area contributed by atoms with Crippen molar-refractivity contribution in [3.63, 3.8) is 0 Å². The molecule has 0 aliphatic heterocycles. The second-order valence-electron chi connectivity index (χ2n) is 10.8. The molecule has 3 aromatic heterocycles. The van der Waals surface area contributed by atoms with E-state index in [1.165, 1.54) is 0 Å².